The molecule has 0 aromatic rings. The molecule has 0 atom stereocenters. The summed E-state index contributed by atoms with van der Waals surface area (Å²) in [6, 6.07) is 0. The van der Waals surface area contributed by atoms with Crippen molar-refractivity contribution in [2.24, 2.45) is 10.7 Å². The average molecular weight is 326 g/mol. The maximum atomic E-state index is 8.11. The summed E-state index contributed by atoms with van der Waals surface area (Å²) in [5.41, 5.74) is 25.1. The summed E-state index contributed by atoms with van der Waals surface area (Å²) in [6.45, 7) is 0.944. The number of isothiocyanates is 1. The van der Waals surface area contributed by atoms with Crippen molar-refractivity contribution >= 4 is 17.4 Å². The maximum absolute atomic E-state index is 8.11. The third-order valence-electron chi connectivity index (χ3n) is 0.250. The second-order valence-corrected chi connectivity index (χ2v) is 1.43. The zero-order chi connectivity index (χ0) is 14.9. The third kappa shape index (κ3) is 3250. The van der Waals surface area contributed by atoms with E-state index >= 15 is 0 Å². The van der Waals surface area contributed by atoms with Crippen LogP contribution in [0.5, 0.6) is 0 Å². The molecule has 0 bridgehead atoms. The molecule has 110 valence electrons. The Hall–Kier alpha value is -1.05. The van der Waals surface area contributed by atoms with Crippen LogP contribution in [0, 0.1) is 15.0 Å². The van der Waals surface area contributed by atoms with E-state index in [0.717, 1.165) is 5.34 Å². The first-order valence-corrected chi connectivity index (χ1v) is 4.00. The first-order chi connectivity index (χ1) is 8.07. The molecule has 0 fully saturated rings. The summed E-state index contributed by atoms with van der Waals surface area (Å²) in [7, 11) is 0. The molecule has 11 nitrogen and oxygen atoms in total. The molecular weight excluding hydrogens is 313 g/mol. The van der Waals surface area contributed by atoms with Gasteiger partial charge in [-0.1, -0.05) is 12.2 Å². The Balaban J connectivity index is -0.0000000249. The van der Waals surface area contributed by atoms with E-state index in [9.17, 15) is 0 Å². The van der Waals surface area contributed by atoms with Gasteiger partial charge in [-0.05, 0) is 0 Å². The van der Waals surface area contributed by atoms with Gasteiger partial charge >= 0.3 is 16.8 Å². The number of thiocarbonyl (C=S) groups is 1. The molecule has 0 unspecified atom stereocenters. The van der Waals surface area contributed by atoms with Crippen LogP contribution in [0.2, 0.25) is 0 Å². The Morgan fingerprint density at radius 3 is 1.17 bits per heavy atom. The number of hydrogen-bond acceptors (Lipinski definition) is 6. The molecule has 0 saturated carbocycles. The number of hydrogen-bond donors (Lipinski definition) is 1. The molecule has 0 saturated heterocycles. The van der Waals surface area contributed by atoms with Crippen LogP contribution in [-0.4, -0.2) is 36.5 Å². The molecule has 0 aliphatic carbocycles. The SMILES string of the molecule is O=NO.O=N[O-].[Co+3].[N-]=C=S.[NH-]CC[NH-].[NH-]CC[NH-]. The van der Waals surface area contributed by atoms with Gasteiger partial charge in [0.2, 0.25) is 0 Å². The molecule has 0 heterocycles. The smallest absolute Gasteiger partial charge is 0.753 e. The topological polar surface area (TPSA) is 220 Å². The van der Waals surface area contributed by atoms with Crippen molar-refractivity contribution in [1.82, 2.24) is 0 Å². The fourth-order valence-electron chi connectivity index (χ4n) is 0. The predicted octanol–water partition coefficient (Wildman–Crippen LogP) is 3.23. The molecule has 0 aliphatic rings. The third-order valence-corrected chi connectivity index (χ3v) is 0.250. The fraction of sp³-hybridized carbons (Fsp3) is 0.800. The molecular formula is C5H13CoN7O4S-3. The molecule has 0 spiro atoms. The Bertz CT molecular complexity index is 136. The van der Waals surface area contributed by atoms with Crippen molar-refractivity contribution in [3.05, 3.63) is 43.4 Å². The van der Waals surface area contributed by atoms with Gasteiger partial charge in [0, 0.05) is 0 Å². The zero-order valence-corrected chi connectivity index (χ0v) is 10.9. The van der Waals surface area contributed by atoms with Gasteiger partial charge in [-0.3, -0.25) is 0 Å². The van der Waals surface area contributed by atoms with Gasteiger partial charge < -0.3 is 43.7 Å². The number of nitrogens with one attached hydrogen (secondary N) is 4. The number of nitrogens with zero attached hydrogens (tertiary/aromatic N) is 3. The summed E-state index contributed by atoms with van der Waals surface area (Å²) in [5.74, 6) is 0. The monoisotopic (exact) mass is 326 g/mol. The fourth-order valence-corrected chi connectivity index (χ4v) is 0. The molecule has 0 radical (unpaired) electrons. The van der Waals surface area contributed by atoms with Crippen molar-refractivity contribution in [1.29, 1.82) is 0 Å². The predicted molar refractivity (Wildman–Crippen MR) is 69.5 cm³/mol. The standard InChI is InChI=1S/2C2H6N2.CNS.Co.2HNO2/c2*3-1-2-4;2-1-3;;2*2-1-3/h2*3-4H,1-2H2;;;2*(H,2,3)/q2*-2;-1;+3;;/p-1. The summed E-state index contributed by atoms with van der Waals surface area (Å²) in [4.78, 5) is 16.1. The van der Waals surface area contributed by atoms with E-state index < -0.39 is 0 Å². The van der Waals surface area contributed by atoms with Crippen molar-refractivity contribution in [3.63, 3.8) is 0 Å². The Kier molecular flexibility index (Phi) is 201. The average Bonchev–Trinajstić information content (AvgIpc) is 2.32. The summed E-state index contributed by atoms with van der Waals surface area (Å²) < 4.78 is 0. The minimum Gasteiger partial charge on any atom is -0.753 e. The molecule has 0 aromatic carbocycles. The van der Waals surface area contributed by atoms with E-state index in [0.29, 0.717) is 0 Å². The quantitative estimate of drug-likeness (QED) is 0.348. The van der Waals surface area contributed by atoms with E-state index in [1.165, 1.54) is 10.5 Å². The van der Waals surface area contributed by atoms with Crippen molar-refractivity contribution in [2.45, 2.75) is 0 Å². The van der Waals surface area contributed by atoms with Crippen LogP contribution in [0.15, 0.2) is 10.7 Å². The van der Waals surface area contributed by atoms with Crippen LogP contribution >= 0.6 is 12.2 Å². The second kappa shape index (κ2) is 101. The van der Waals surface area contributed by atoms with Crippen molar-refractivity contribution in [3.8, 4) is 0 Å². The van der Waals surface area contributed by atoms with Gasteiger partial charge in [0.1, 0.15) is 0 Å². The van der Waals surface area contributed by atoms with Crippen LogP contribution in [0.25, 0.3) is 28.3 Å². The van der Waals surface area contributed by atoms with E-state index in [1.54, 1.807) is 0 Å². The molecule has 5 N–H and O–H groups in total. The number of rotatable bonds is 2. The van der Waals surface area contributed by atoms with Crippen LogP contribution in [0.3, 0.4) is 0 Å². The maximum Gasteiger partial charge on any atom is 3.00 e. The molecule has 18 heavy (non-hydrogen) atoms. The minimum absolute atomic E-state index is 0. The van der Waals surface area contributed by atoms with Gasteiger partial charge in [0.25, 0.3) is 0 Å². The van der Waals surface area contributed by atoms with E-state index in [1.807, 2.05) is 0 Å². The first-order valence-electron chi connectivity index (χ1n) is 3.59. The minimum atomic E-state index is 0. The van der Waals surface area contributed by atoms with E-state index in [2.05, 4.69) is 12.2 Å². The summed E-state index contributed by atoms with van der Waals surface area (Å²) in [5, 5.41) is 25.4. The largest absolute Gasteiger partial charge is 3.00 e. The Morgan fingerprint density at radius 2 is 1.17 bits per heavy atom. The normalized spacial score (nSPS) is 5.11. The van der Waals surface area contributed by atoms with Crippen LogP contribution in [0.4, 0.5) is 0 Å². The summed E-state index contributed by atoms with van der Waals surface area (Å²) >= 11 is 3.70. The molecule has 0 aromatic heterocycles. The van der Waals surface area contributed by atoms with E-state index in [-0.39, 0.29) is 43.0 Å². The van der Waals surface area contributed by atoms with Crippen LogP contribution < -0.4 is 0 Å². The van der Waals surface area contributed by atoms with Gasteiger partial charge in [-0.2, -0.15) is 31.3 Å². The Labute approximate surface area is 120 Å². The Morgan fingerprint density at radius 1 is 1.11 bits per heavy atom. The molecule has 0 amide bonds. The van der Waals surface area contributed by atoms with E-state index in [4.69, 9.17) is 48.6 Å². The van der Waals surface area contributed by atoms with Gasteiger partial charge in [0.15, 0.2) is 5.34 Å². The molecule has 0 aliphatic heterocycles. The summed E-state index contributed by atoms with van der Waals surface area (Å²) in [6.07, 6.45) is 0. The zero-order valence-electron chi connectivity index (χ0n) is 9.08. The second-order valence-electron chi connectivity index (χ2n) is 1.25. The molecule has 13 heteroatoms. The van der Waals surface area contributed by atoms with Gasteiger partial charge in [-0.25, -0.2) is 0 Å². The molecule has 0 rings (SSSR count). The van der Waals surface area contributed by atoms with Crippen molar-refractivity contribution in [2.75, 3.05) is 26.2 Å². The van der Waals surface area contributed by atoms with Crippen LogP contribution in [-0.2, 0) is 16.8 Å². The van der Waals surface area contributed by atoms with Crippen molar-refractivity contribution < 1.29 is 22.0 Å². The van der Waals surface area contributed by atoms with Gasteiger partial charge in [0.05, 0.1) is 0 Å². The van der Waals surface area contributed by atoms with Gasteiger partial charge in [-0.15, -0.1) is 10.2 Å². The van der Waals surface area contributed by atoms with Crippen LogP contribution in [0.1, 0.15) is 0 Å². The first kappa shape index (κ1) is 36.0.